The van der Waals surface area contributed by atoms with Crippen LogP contribution in [0, 0.1) is 0 Å². The Hall–Kier alpha value is -0.740. The monoisotopic (exact) mass is 299 g/mol. The van der Waals surface area contributed by atoms with E-state index in [1.807, 2.05) is 6.07 Å². The molecular formula is C13H18BrNO2. The first-order chi connectivity index (χ1) is 8.19. The van der Waals surface area contributed by atoms with Crippen molar-refractivity contribution in [2.45, 2.75) is 31.7 Å². The number of rotatable bonds is 2. The van der Waals surface area contributed by atoms with E-state index in [9.17, 15) is 0 Å². The molecular weight excluding hydrogens is 282 g/mol. The van der Waals surface area contributed by atoms with Gasteiger partial charge in [-0.2, -0.15) is 0 Å². The van der Waals surface area contributed by atoms with Crippen molar-refractivity contribution in [1.82, 2.24) is 0 Å². The Morgan fingerprint density at radius 3 is 2.71 bits per heavy atom. The molecule has 0 amide bonds. The van der Waals surface area contributed by atoms with Crippen LogP contribution in [0.3, 0.4) is 0 Å². The lowest BCUT2D eigenvalue weighted by Gasteiger charge is -2.20. The molecule has 94 valence electrons. The molecule has 1 aliphatic carbocycles. The second-order valence-electron chi connectivity index (χ2n) is 4.34. The van der Waals surface area contributed by atoms with E-state index in [1.54, 1.807) is 14.2 Å². The molecule has 1 aromatic carbocycles. The molecule has 2 rings (SSSR count). The average Bonchev–Trinajstić information content (AvgIpc) is 2.52. The van der Waals surface area contributed by atoms with Gasteiger partial charge in [-0.25, -0.2) is 0 Å². The predicted octanol–water partition coefficient (Wildman–Crippen LogP) is 3.19. The first kappa shape index (κ1) is 12.7. The summed E-state index contributed by atoms with van der Waals surface area (Å²) in [5, 5.41) is 0. The van der Waals surface area contributed by atoms with Gasteiger partial charge in [-0.1, -0.05) is 22.4 Å². The van der Waals surface area contributed by atoms with Crippen molar-refractivity contribution in [2.75, 3.05) is 14.2 Å². The van der Waals surface area contributed by atoms with Crippen LogP contribution in [-0.4, -0.2) is 14.2 Å². The van der Waals surface area contributed by atoms with Crippen molar-refractivity contribution < 1.29 is 9.47 Å². The third-order valence-corrected chi connectivity index (χ3v) is 4.03. The van der Waals surface area contributed by atoms with Gasteiger partial charge in [0.05, 0.1) is 14.2 Å². The highest BCUT2D eigenvalue weighted by atomic mass is 79.9. The number of nitrogens with two attached hydrogens (primary N) is 1. The van der Waals surface area contributed by atoms with Crippen molar-refractivity contribution in [3.8, 4) is 11.5 Å². The van der Waals surface area contributed by atoms with Crippen molar-refractivity contribution >= 4 is 15.9 Å². The summed E-state index contributed by atoms with van der Waals surface area (Å²) in [5.41, 5.74) is 8.64. The highest BCUT2D eigenvalue weighted by Crippen LogP contribution is 2.43. The first-order valence-electron chi connectivity index (χ1n) is 5.87. The van der Waals surface area contributed by atoms with Gasteiger partial charge < -0.3 is 15.2 Å². The van der Waals surface area contributed by atoms with Gasteiger partial charge in [0.25, 0.3) is 0 Å². The quantitative estimate of drug-likeness (QED) is 0.853. The largest absolute Gasteiger partial charge is 0.493 e. The van der Waals surface area contributed by atoms with Gasteiger partial charge in [-0.3, -0.25) is 0 Å². The van der Waals surface area contributed by atoms with Crippen LogP contribution in [0.1, 0.15) is 36.4 Å². The molecule has 1 aliphatic rings. The second-order valence-corrected chi connectivity index (χ2v) is 5.19. The molecule has 0 heterocycles. The Bertz CT molecular complexity index is 420. The molecule has 3 nitrogen and oxygen atoms in total. The minimum absolute atomic E-state index is 0.0360. The Labute approximate surface area is 110 Å². The lowest BCUT2D eigenvalue weighted by molar-refractivity contribution is 0.348. The topological polar surface area (TPSA) is 44.5 Å². The zero-order valence-corrected chi connectivity index (χ0v) is 11.8. The van der Waals surface area contributed by atoms with Crippen LogP contribution in [0.2, 0.25) is 0 Å². The summed E-state index contributed by atoms with van der Waals surface area (Å²) < 4.78 is 11.9. The van der Waals surface area contributed by atoms with Crippen LogP contribution >= 0.6 is 15.9 Å². The lowest BCUT2D eigenvalue weighted by atomic mass is 9.98. The van der Waals surface area contributed by atoms with Crippen LogP contribution in [-0.2, 0) is 6.42 Å². The molecule has 0 unspecified atom stereocenters. The maximum Gasteiger partial charge on any atom is 0.165 e. The van der Waals surface area contributed by atoms with Crippen LogP contribution in [0.15, 0.2) is 10.5 Å². The van der Waals surface area contributed by atoms with E-state index in [1.165, 1.54) is 12.0 Å². The zero-order chi connectivity index (χ0) is 12.4. The molecule has 0 fully saturated rings. The molecule has 0 radical (unpaired) electrons. The highest BCUT2D eigenvalue weighted by molar-refractivity contribution is 9.10. The second kappa shape index (κ2) is 5.27. The van der Waals surface area contributed by atoms with Gasteiger partial charge in [0.15, 0.2) is 11.5 Å². The van der Waals surface area contributed by atoms with E-state index >= 15 is 0 Å². The molecule has 0 spiro atoms. The van der Waals surface area contributed by atoms with E-state index in [4.69, 9.17) is 15.2 Å². The Morgan fingerprint density at radius 1 is 1.29 bits per heavy atom. The lowest BCUT2D eigenvalue weighted by Crippen LogP contribution is -2.13. The average molecular weight is 300 g/mol. The summed E-state index contributed by atoms with van der Waals surface area (Å²) in [5.74, 6) is 1.54. The van der Waals surface area contributed by atoms with E-state index in [0.717, 1.165) is 40.8 Å². The number of halogens is 1. The Balaban J connectivity index is 2.64. The number of benzene rings is 1. The van der Waals surface area contributed by atoms with E-state index in [-0.39, 0.29) is 6.04 Å². The van der Waals surface area contributed by atoms with Crippen molar-refractivity contribution in [3.05, 3.63) is 21.7 Å². The van der Waals surface area contributed by atoms with Crippen molar-refractivity contribution in [3.63, 3.8) is 0 Å². The minimum Gasteiger partial charge on any atom is -0.493 e. The summed E-state index contributed by atoms with van der Waals surface area (Å²) in [4.78, 5) is 0. The zero-order valence-electron chi connectivity index (χ0n) is 10.3. The van der Waals surface area contributed by atoms with Crippen LogP contribution in [0.5, 0.6) is 11.5 Å². The molecule has 0 bridgehead atoms. The van der Waals surface area contributed by atoms with E-state index in [0.29, 0.717) is 0 Å². The van der Waals surface area contributed by atoms with E-state index in [2.05, 4.69) is 15.9 Å². The van der Waals surface area contributed by atoms with Gasteiger partial charge in [0.1, 0.15) is 0 Å². The summed E-state index contributed by atoms with van der Waals surface area (Å²) in [7, 11) is 3.32. The minimum atomic E-state index is 0.0360. The molecule has 17 heavy (non-hydrogen) atoms. The summed E-state index contributed by atoms with van der Waals surface area (Å²) >= 11 is 3.61. The molecule has 1 atom stereocenters. The number of fused-ring (bicyclic) bond motifs is 1. The molecule has 2 N–H and O–H groups in total. The number of hydrogen-bond donors (Lipinski definition) is 1. The molecule has 0 saturated carbocycles. The van der Waals surface area contributed by atoms with Crippen molar-refractivity contribution in [1.29, 1.82) is 0 Å². The Kier molecular flexibility index (Phi) is 3.94. The summed E-state index contributed by atoms with van der Waals surface area (Å²) in [6.45, 7) is 0. The maximum atomic E-state index is 6.26. The van der Waals surface area contributed by atoms with Crippen LogP contribution < -0.4 is 15.2 Å². The molecule has 0 aromatic heterocycles. The summed E-state index contributed by atoms with van der Waals surface area (Å²) in [6, 6.07) is 2.00. The fourth-order valence-corrected chi connectivity index (χ4v) is 3.10. The normalized spacial score (nSPS) is 19.4. The predicted molar refractivity (Wildman–Crippen MR) is 71.7 cm³/mol. The summed E-state index contributed by atoms with van der Waals surface area (Å²) in [6.07, 6.45) is 4.38. The van der Waals surface area contributed by atoms with Crippen molar-refractivity contribution in [2.24, 2.45) is 5.73 Å². The highest BCUT2D eigenvalue weighted by Gasteiger charge is 2.24. The molecule has 4 heteroatoms. The molecule has 1 aromatic rings. The first-order valence-corrected chi connectivity index (χ1v) is 6.67. The Morgan fingerprint density at radius 2 is 2.06 bits per heavy atom. The standard InChI is InChI=1S/C13H18BrNO2/c1-16-11-7-9(14)8-5-3-4-6-10(15)12(8)13(11)17-2/h7,10H,3-6,15H2,1-2H3/t10-/m0/s1. The van der Waals surface area contributed by atoms with Gasteiger partial charge in [-0.05, 0) is 30.9 Å². The van der Waals surface area contributed by atoms with Crippen LogP contribution in [0.4, 0.5) is 0 Å². The van der Waals surface area contributed by atoms with E-state index < -0.39 is 0 Å². The smallest absolute Gasteiger partial charge is 0.165 e. The molecule has 0 aliphatic heterocycles. The van der Waals surface area contributed by atoms with Crippen LogP contribution in [0.25, 0.3) is 0 Å². The SMILES string of the molecule is COc1cc(Br)c2c(c1OC)[C@@H](N)CCCC2. The van der Waals surface area contributed by atoms with Gasteiger partial charge >= 0.3 is 0 Å². The fourth-order valence-electron chi connectivity index (χ4n) is 2.48. The third-order valence-electron chi connectivity index (χ3n) is 3.33. The third kappa shape index (κ3) is 2.29. The van der Waals surface area contributed by atoms with Gasteiger partial charge in [0, 0.05) is 16.1 Å². The molecule has 0 saturated heterocycles. The van der Waals surface area contributed by atoms with Gasteiger partial charge in [-0.15, -0.1) is 0 Å². The number of hydrogen-bond acceptors (Lipinski definition) is 3. The number of methoxy groups -OCH3 is 2. The maximum absolute atomic E-state index is 6.26. The number of ether oxygens (including phenoxy) is 2. The fraction of sp³-hybridized carbons (Fsp3) is 0.538. The van der Waals surface area contributed by atoms with Gasteiger partial charge in [0.2, 0.25) is 0 Å².